The number of amides is 1. The lowest BCUT2D eigenvalue weighted by molar-refractivity contribution is 0.100. The second-order valence-corrected chi connectivity index (χ2v) is 8.59. The summed E-state index contributed by atoms with van der Waals surface area (Å²) < 4.78 is 0. The first-order valence-corrected chi connectivity index (χ1v) is 10.5. The van der Waals surface area contributed by atoms with Gasteiger partial charge in [-0.25, -0.2) is 9.97 Å². The maximum atomic E-state index is 12.2. The van der Waals surface area contributed by atoms with E-state index in [1.54, 1.807) is 0 Å². The van der Waals surface area contributed by atoms with Crippen LogP contribution in [-0.2, 0) is 6.54 Å². The standard InChI is InChI=1S/C24H29N5O/c1-16-8-10-29(11-9-16)24-21-13-19(12-20(23(25)30)22(21)26-15-27-24)18-6-4-17(5-7-18)14-28(2)3/h4-7,12-13,15-16H,8-11,14H2,1-3H3,(H2,25,30). The molecule has 2 heterocycles. The number of anilines is 1. The van der Waals surface area contributed by atoms with Gasteiger partial charge >= 0.3 is 0 Å². The highest BCUT2D eigenvalue weighted by Gasteiger charge is 2.21. The van der Waals surface area contributed by atoms with Crippen molar-refractivity contribution in [1.29, 1.82) is 0 Å². The summed E-state index contributed by atoms with van der Waals surface area (Å²) in [6.45, 7) is 5.10. The predicted molar refractivity (Wildman–Crippen MR) is 121 cm³/mol. The molecule has 2 N–H and O–H groups in total. The number of hydrogen-bond acceptors (Lipinski definition) is 5. The molecule has 0 radical (unpaired) electrons. The number of hydrogen-bond donors (Lipinski definition) is 1. The molecule has 1 saturated heterocycles. The molecule has 1 fully saturated rings. The van der Waals surface area contributed by atoms with Gasteiger partial charge in [-0.15, -0.1) is 0 Å². The van der Waals surface area contributed by atoms with Crippen molar-refractivity contribution < 1.29 is 4.79 Å². The number of nitrogens with two attached hydrogens (primary N) is 1. The van der Waals surface area contributed by atoms with Gasteiger partial charge in [0.05, 0.1) is 11.1 Å². The fourth-order valence-electron chi connectivity index (χ4n) is 4.15. The van der Waals surface area contributed by atoms with E-state index in [1.165, 1.54) is 11.9 Å². The fraction of sp³-hybridized carbons (Fsp3) is 0.375. The van der Waals surface area contributed by atoms with Gasteiger partial charge in [-0.3, -0.25) is 4.79 Å². The molecule has 156 valence electrons. The van der Waals surface area contributed by atoms with Gasteiger partial charge in [0, 0.05) is 25.0 Å². The van der Waals surface area contributed by atoms with E-state index < -0.39 is 5.91 Å². The van der Waals surface area contributed by atoms with Gasteiger partial charge in [-0.05, 0) is 61.7 Å². The Kier molecular flexibility index (Phi) is 5.68. The zero-order chi connectivity index (χ0) is 21.3. The number of benzene rings is 2. The van der Waals surface area contributed by atoms with Crippen molar-refractivity contribution in [3.8, 4) is 11.1 Å². The van der Waals surface area contributed by atoms with Crippen molar-refractivity contribution in [1.82, 2.24) is 14.9 Å². The zero-order valence-electron chi connectivity index (χ0n) is 17.9. The first-order valence-electron chi connectivity index (χ1n) is 10.5. The summed E-state index contributed by atoms with van der Waals surface area (Å²) in [4.78, 5) is 25.7. The SMILES string of the molecule is CC1CCN(c2ncnc3c(C(N)=O)cc(-c4ccc(CN(C)C)cc4)cc23)CC1. The van der Waals surface area contributed by atoms with Gasteiger partial charge in [0.2, 0.25) is 0 Å². The van der Waals surface area contributed by atoms with Crippen LogP contribution >= 0.6 is 0 Å². The van der Waals surface area contributed by atoms with E-state index in [9.17, 15) is 4.79 Å². The Hall–Kier alpha value is -2.99. The van der Waals surface area contributed by atoms with Gasteiger partial charge < -0.3 is 15.5 Å². The van der Waals surface area contributed by atoms with E-state index in [4.69, 9.17) is 5.73 Å². The van der Waals surface area contributed by atoms with Crippen LogP contribution in [0.25, 0.3) is 22.0 Å². The number of nitrogens with zero attached hydrogens (tertiary/aromatic N) is 4. The number of carbonyl (C=O) groups is 1. The van der Waals surface area contributed by atoms with Crippen molar-refractivity contribution in [2.75, 3.05) is 32.1 Å². The molecular formula is C24H29N5O. The van der Waals surface area contributed by atoms with Crippen molar-refractivity contribution in [2.45, 2.75) is 26.3 Å². The van der Waals surface area contributed by atoms with Gasteiger partial charge in [0.25, 0.3) is 5.91 Å². The highest BCUT2D eigenvalue weighted by atomic mass is 16.1. The first kappa shape index (κ1) is 20.3. The Labute approximate surface area is 177 Å². The molecular weight excluding hydrogens is 374 g/mol. The zero-order valence-corrected chi connectivity index (χ0v) is 17.9. The molecule has 2 aromatic carbocycles. The number of piperidine rings is 1. The molecule has 0 aliphatic carbocycles. The molecule has 0 spiro atoms. The lowest BCUT2D eigenvalue weighted by Gasteiger charge is -2.31. The maximum Gasteiger partial charge on any atom is 0.250 e. The Bertz CT molecular complexity index is 1050. The number of primary amides is 1. The minimum Gasteiger partial charge on any atom is -0.366 e. The van der Waals surface area contributed by atoms with Crippen LogP contribution in [0, 0.1) is 5.92 Å². The summed E-state index contributed by atoms with van der Waals surface area (Å²) in [5, 5.41) is 0.885. The van der Waals surface area contributed by atoms with Gasteiger partial charge in [-0.1, -0.05) is 31.2 Å². The third-order valence-electron chi connectivity index (χ3n) is 5.85. The Morgan fingerprint density at radius 1 is 1.10 bits per heavy atom. The minimum absolute atomic E-state index is 0.439. The summed E-state index contributed by atoms with van der Waals surface area (Å²) >= 11 is 0. The molecule has 1 aliphatic heterocycles. The molecule has 0 saturated carbocycles. The first-order chi connectivity index (χ1) is 14.4. The summed E-state index contributed by atoms with van der Waals surface area (Å²) in [6.07, 6.45) is 3.82. The van der Waals surface area contributed by atoms with Gasteiger partial charge in [0.1, 0.15) is 12.1 Å². The molecule has 1 aliphatic rings. The number of rotatable bonds is 5. The molecule has 1 aromatic heterocycles. The van der Waals surface area contributed by atoms with Crippen molar-refractivity contribution in [3.63, 3.8) is 0 Å². The number of fused-ring (bicyclic) bond motifs is 1. The van der Waals surface area contributed by atoms with E-state index in [0.29, 0.717) is 11.1 Å². The van der Waals surface area contributed by atoms with Gasteiger partial charge in [-0.2, -0.15) is 0 Å². The Morgan fingerprint density at radius 3 is 2.43 bits per heavy atom. The van der Waals surface area contributed by atoms with Crippen LogP contribution < -0.4 is 10.6 Å². The van der Waals surface area contributed by atoms with E-state index in [1.807, 2.05) is 6.07 Å². The van der Waals surface area contributed by atoms with Crippen LogP contribution in [-0.4, -0.2) is 48.0 Å². The average Bonchev–Trinajstić information content (AvgIpc) is 2.73. The molecule has 1 amide bonds. The van der Waals surface area contributed by atoms with E-state index in [2.05, 4.69) is 71.1 Å². The third-order valence-corrected chi connectivity index (χ3v) is 5.85. The molecule has 3 aromatic rings. The minimum atomic E-state index is -0.469. The second-order valence-electron chi connectivity index (χ2n) is 8.59. The highest BCUT2D eigenvalue weighted by Crippen LogP contribution is 2.33. The molecule has 0 unspecified atom stereocenters. The quantitative estimate of drug-likeness (QED) is 0.703. The second kappa shape index (κ2) is 8.40. The highest BCUT2D eigenvalue weighted by molar-refractivity contribution is 6.09. The van der Waals surface area contributed by atoms with Crippen LogP contribution in [0.3, 0.4) is 0 Å². The lowest BCUT2D eigenvalue weighted by Crippen LogP contribution is -2.33. The number of carbonyl (C=O) groups excluding carboxylic acids is 1. The van der Waals surface area contributed by atoms with E-state index in [0.717, 1.165) is 60.7 Å². The van der Waals surface area contributed by atoms with Crippen molar-refractivity contribution in [3.05, 3.63) is 53.9 Å². The average molecular weight is 404 g/mol. The predicted octanol–water partition coefficient (Wildman–Crippen LogP) is 3.69. The topological polar surface area (TPSA) is 75.4 Å². The maximum absolute atomic E-state index is 12.2. The Morgan fingerprint density at radius 2 is 1.80 bits per heavy atom. The summed E-state index contributed by atoms with van der Waals surface area (Å²) in [5.74, 6) is 1.15. The van der Waals surface area contributed by atoms with Crippen LogP contribution in [0.2, 0.25) is 0 Å². The van der Waals surface area contributed by atoms with E-state index in [-0.39, 0.29) is 0 Å². The fourth-order valence-corrected chi connectivity index (χ4v) is 4.15. The summed E-state index contributed by atoms with van der Waals surface area (Å²) in [5.41, 5.74) is 10.0. The van der Waals surface area contributed by atoms with Gasteiger partial charge in [0.15, 0.2) is 0 Å². The summed E-state index contributed by atoms with van der Waals surface area (Å²) in [6, 6.07) is 12.4. The molecule has 0 atom stereocenters. The lowest BCUT2D eigenvalue weighted by atomic mass is 9.96. The van der Waals surface area contributed by atoms with Crippen LogP contribution in [0.5, 0.6) is 0 Å². The molecule has 6 heteroatoms. The monoisotopic (exact) mass is 403 g/mol. The van der Waals surface area contributed by atoms with Crippen LogP contribution in [0.15, 0.2) is 42.7 Å². The largest absolute Gasteiger partial charge is 0.366 e. The smallest absolute Gasteiger partial charge is 0.250 e. The van der Waals surface area contributed by atoms with Crippen LogP contribution in [0.1, 0.15) is 35.7 Å². The summed E-state index contributed by atoms with van der Waals surface area (Å²) in [7, 11) is 4.11. The molecule has 6 nitrogen and oxygen atoms in total. The third kappa shape index (κ3) is 4.14. The molecule has 0 bridgehead atoms. The number of aromatic nitrogens is 2. The van der Waals surface area contributed by atoms with Crippen molar-refractivity contribution >= 4 is 22.6 Å². The Balaban J connectivity index is 1.81. The molecule has 30 heavy (non-hydrogen) atoms. The van der Waals surface area contributed by atoms with E-state index >= 15 is 0 Å². The molecule has 4 rings (SSSR count). The normalized spacial score (nSPS) is 15.1. The van der Waals surface area contributed by atoms with Crippen LogP contribution in [0.4, 0.5) is 5.82 Å². The van der Waals surface area contributed by atoms with Crippen molar-refractivity contribution in [2.24, 2.45) is 11.7 Å².